The quantitative estimate of drug-likeness (QED) is 0.844. The van der Waals surface area contributed by atoms with Crippen molar-refractivity contribution in [2.24, 2.45) is 0 Å². The summed E-state index contributed by atoms with van der Waals surface area (Å²) in [5, 5.41) is 3.48. The lowest BCUT2D eigenvalue weighted by Crippen LogP contribution is -2.51. The zero-order valence-electron chi connectivity index (χ0n) is 16.3. The Morgan fingerprint density at radius 2 is 1.57 bits per heavy atom. The SMILES string of the molecule is O=C(CC1CSCCN1)N1CCN(C(c2ccccc2)c2ccccc2)CC1. The first kappa shape index (κ1) is 19.5. The van der Waals surface area contributed by atoms with Crippen LogP contribution >= 0.6 is 11.8 Å². The fourth-order valence-corrected chi connectivity index (χ4v) is 5.15. The summed E-state index contributed by atoms with van der Waals surface area (Å²) in [6, 6.07) is 22.0. The number of hydrogen-bond acceptors (Lipinski definition) is 4. The van der Waals surface area contributed by atoms with E-state index < -0.39 is 0 Å². The number of amides is 1. The van der Waals surface area contributed by atoms with Gasteiger partial charge in [-0.2, -0.15) is 11.8 Å². The highest BCUT2D eigenvalue weighted by molar-refractivity contribution is 7.99. The van der Waals surface area contributed by atoms with E-state index in [2.05, 4.69) is 75.8 Å². The molecule has 28 heavy (non-hydrogen) atoms. The van der Waals surface area contributed by atoms with E-state index in [-0.39, 0.29) is 6.04 Å². The van der Waals surface area contributed by atoms with Gasteiger partial charge in [-0.15, -0.1) is 0 Å². The highest BCUT2D eigenvalue weighted by Crippen LogP contribution is 2.29. The third kappa shape index (κ3) is 4.77. The lowest BCUT2D eigenvalue weighted by Gasteiger charge is -2.40. The van der Waals surface area contributed by atoms with Crippen molar-refractivity contribution in [2.45, 2.75) is 18.5 Å². The normalized spacial score (nSPS) is 21.0. The molecule has 0 aliphatic carbocycles. The maximum atomic E-state index is 12.7. The largest absolute Gasteiger partial charge is 0.340 e. The van der Waals surface area contributed by atoms with E-state index in [1.165, 1.54) is 11.1 Å². The number of piperazine rings is 1. The number of rotatable bonds is 5. The second kappa shape index (κ2) is 9.59. The third-order valence-electron chi connectivity index (χ3n) is 5.68. The van der Waals surface area contributed by atoms with Crippen LogP contribution in [0.1, 0.15) is 23.6 Å². The predicted octanol–water partition coefficient (Wildman–Crippen LogP) is 3.02. The molecule has 148 valence electrons. The molecule has 2 aliphatic rings. The van der Waals surface area contributed by atoms with Gasteiger partial charge in [0.05, 0.1) is 6.04 Å². The molecule has 0 saturated carbocycles. The highest BCUT2D eigenvalue weighted by Gasteiger charge is 2.29. The summed E-state index contributed by atoms with van der Waals surface area (Å²) in [5.74, 6) is 2.51. The Morgan fingerprint density at radius 3 is 2.11 bits per heavy atom. The molecule has 1 atom stereocenters. The molecular weight excluding hydrogens is 366 g/mol. The van der Waals surface area contributed by atoms with Crippen LogP contribution in [0.15, 0.2) is 60.7 Å². The Morgan fingerprint density at radius 1 is 0.964 bits per heavy atom. The van der Waals surface area contributed by atoms with Gasteiger partial charge in [-0.05, 0) is 11.1 Å². The number of hydrogen-bond donors (Lipinski definition) is 1. The summed E-state index contributed by atoms with van der Waals surface area (Å²) in [6.45, 7) is 4.47. The van der Waals surface area contributed by atoms with Gasteiger partial charge in [0.2, 0.25) is 5.91 Å². The molecule has 1 unspecified atom stereocenters. The Kier molecular flexibility index (Phi) is 6.68. The third-order valence-corrected chi connectivity index (χ3v) is 6.81. The van der Waals surface area contributed by atoms with E-state index in [4.69, 9.17) is 0 Å². The molecule has 1 amide bonds. The van der Waals surface area contributed by atoms with E-state index in [9.17, 15) is 4.79 Å². The standard InChI is InChI=1S/C23H29N3OS/c27-22(17-21-18-28-16-11-24-21)25-12-14-26(15-13-25)23(19-7-3-1-4-8-19)20-9-5-2-6-10-20/h1-10,21,23-24H,11-18H2. The summed E-state index contributed by atoms with van der Waals surface area (Å²) >= 11 is 1.95. The van der Waals surface area contributed by atoms with Crippen LogP contribution < -0.4 is 5.32 Å². The number of nitrogens with one attached hydrogen (secondary N) is 1. The zero-order valence-corrected chi connectivity index (χ0v) is 17.1. The Bertz CT molecular complexity index is 701. The van der Waals surface area contributed by atoms with E-state index in [1.807, 2.05) is 11.8 Å². The second-order valence-corrected chi connectivity index (χ2v) is 8.72. The molecule has 2 saturated heterocycles. The molecule has 0 aromatic heterocycles. The molecule has 0 bridgehead atoms. The molecule has 4 nitrogen and oxygen atoms in total. The molecule has 4 rings (SSSR count). The lowest BCUT2D eigenvalue weighted by molar-refractivity contribution is -0.133. The van der Waals surface area contributed by atoms with Crippen molar-refractivity contribution in [2.75, 3.05) is 44.2 Å². The first-order chi connectivity index (χ1) is 13.8. The summed E-state index contributed by atoms with van der Waals surface area (Å²) in [7, 11) is 0. The van der Waals surface area contributed by atoms with Crippen LogP contribution in [0.5, 0.6) is 0 Å². The summed E-state index contributed by atoms with van der Waals surface area (Å²) in [6.07, 6.45) is 0.633. The molecule has 2 aromatic carbocycles. The second-order valence-electron chi connectivity index (χ2n) is 7.57. The molecule has 5 heteroatoms. The van der Waals surface area contributed by atoms with Crippen molar-refractivity contribution < 1.29 is 4.79 Å². The first-order valence-corrected chi connectivity index (χ1v) is 11.4. The molecule has 2 heterocycles. The van der Waals surface area contributed by atoms with Crippen molar-refractivity contribution in [3.63, 3.8) is 0 Å². The number of benzene rings is 2. The van der Waals surface area contributed by atoms with Crippen molar-refractivity contribution >= 4 is 17.7 Å². The monoisotopic (exact) mass is 395 g/mol. The van der Waals surface area contributed by atoms with Gasteiger partial charge in [0.15, 0.2) is 0 Å². The van der Waals surface area contributed by atoms with Crippen molar-refractivity contribution in [1.82, 2.24) is 15.1 Å². The molecule has 0 radical (unpaired) electrons. The maximum Gasteiger partial charge on any atom is 0.224 e. The maximum absolute atomic E-state index is 12.7. The average molecular weight is 396 g/mol. The number of nitrogens with zero attached hydrogens (tertiary/aromatic N) is 2. The van der Waals surface area contributed by atoms with Crippen molar-refractivity contribution in [3.8, 4) is 0 Å². The van der Waals surface area contributed by atoms with Crippen molar-refractivity contribution in [3.05, 3.63) is 71.8 Å². The average Bonchev–Trinajstić information content (AvgIpc) is 2.77. The number of carbonyl (C=O) groups is 1. The zero-order chi connectivity index (χ0) is 19.2. The first-order valence-electron chi connectivity index (χ1n) is 10.2. The molecular formula is C23H29N3OS. The van der Waals surface area contributed by atoms with E-state index in [0.717, 1.165) is 44.2 Å². The molecule has 2 aromatic rings. The van der Waals surface area contributed by atoms with E-state index in [0.29, 0.717) is 18.4 Å². The molecule has 2 aliphatic heterocycles. The number of thioether (sulfide) groups is 1. The van der Waals surface area contributed by atoms with Crippen LogP contribution in [-0.4, -0.2) is 66.0 Å². The van der Waals surface area contributed by atoms with Gasteiger partial charge < -0.3 is 10.2 Å². The summed E-state index contributed by atoms with van der Waals surface area (Å²) in [4.78, 5) is 17.3. The minimum atomic E-state index is 0.246. The van der Waals surface area contributed by atoms with Gasteiger partial charge in [-0.1, -0.05) is 60.7 Å². The summed E-state index contributed by atoms with van der Waals surface area (Å²) in [5.41, 5.74) is 2.63. The van der Waals surface area contributed by atoms with Gasteiger partial charge in [-0.3, -0.25) is 9.69 Å². The van der Waals surface area contributed by atoms with Crippen LogP contribution in [0.2, 0.25) is 0 Å². The van der Waals surface area contributed by atoms with Gasteiger partial charge in [0.1, 0.15) is 0 Å². The van der Waals surface area contributed by atoms with E-state index in [1.54, 1.807) is 0 Å². The van der Waals surface area contributed by atoms with Crippen LogP contribution in [0.4, 0.5) is 0 Å². The topological polar surface area (TPSA) is 35.6 Å². The van der Waals surface area contributed by atoms with Crippen LogP contribution in [0, 0.1) is 0 Å². The van der Waals surface area contributed by atoms with Crippen molar-refractivity contribution in [1.29, 1.82) is 0 Å². The highest BCUT2D eigenvalue weighted by atomic mass is 32.2. The fourth-order valence-electron chi connectivity index (χ4n) is 4.20. The number of carbonyl (C=O) groups excluding carboxylic acids is 1. The smallest absolute Gasteiger partial charge is 0.224 e. The Hall–Kier alpha value is -1.82. The molecule has 0 spiro atoms. The van der Waals surface area contributed by atoms with E-state index >= 15 is 0 Å². The van der Waals surface area contributed by atoms with Crippen LogP contribution in [-0.2, 0) is 4.79 Å². The Balaban J connectivity index is 1.41. The van der Waals surface area contributed by atoms with Crippen LogP contribution in [0.25, 0.3) is 0 Å². The van der Waals surface area contributed by atoms with Gasteiger partial charge in [-0.25, -0.2) is 0 Å². The minimum absolute atomic E-state index is 0.246. The molecule has 2 fully saturated rings. The lowest BCUT2D eigenvalue weighted by atomic mass is 9.96. The summed E-state index contributed by atoms with van der Waals surface area (Å²) < 4.78 is 0. The fraction of sp³-hybridized carbons (Fsp3) is 0.435. The Labute approximate surface area is 172 Å². The minimum Gasteiger partial charge on any atom is -0.340 e. The van der Waals surface area contributed by atoms with Gasteiger partial charge in [0, 0.05) is 56.7 Å². The van der Waals surface area contributed by atoms with Crippen LogP contribution in [0.3, 0.4) is 0 Å². The van der Waals surface area contributed by atoms with Gasteiger partial charge in [0.25, 0.3) is 0 Å². The van der Waals surface area contributed by atoms with Gasteiger partial charge >= 0.3 is 0 Å². The molecule has 1 N–H and O–H groups in total. The predicted molar refractivity (Wildman–Crippen MR) is 117 cm³/mol.